The Labute approximate surface area is 173 Å². The number of hydrogen-bond donors (Lipinski definition) is 0. The van der Waals surface area contributed by atoms with E-state index in [9.17, 15) is 22.4 Å². The molecule has 2 aromatic carbocycles. The normalized spacial score (nSPS) is 12.5. The van der Waals surface area contributed by atoms with E-state index in [1.165, 1.54) is 36.1 Å². The Bertz CT molecular complexity index is 1220. The summed E-state index contributed by atoms with van der Waals surface area (Å²) in [5, 5.41) is 0.490. The number of ether oxygens (including phenoxy) is 1. The molecule has 0 amide bonds. The van der Waals surface area contributed by atoms with E-state index in [4.69, 9.17) is 4.74 Å². The predicted molar refractivity (Wildman–Crippen MR) is 112 cm³/mol. The van der Waals surface area contributed by atoms with Gasteiger partial charge in [0.15, 0.2) is 0 Å². The fraction of sp³-hybridized carbons (Fsp3) is 0.238. The van der Waals surface area contributed by atoms with Crippen molar-refractivity contribution in [3.8, 4) is 0 Å². The number of esters is 1. The lowest BCUT2D eigenvalue weighted by Crippen LogP contribution is -2.46. The topological polar surface area (TPSA) is 85.7 Å². The van der Waals surface area contributed by atoms with E-state index in [1.54, 1.807) is 31.2 Å². The molecule has 0 saturated heterocycles. The van der Waals surface area contributed by atoms with Crippen molar-refractivity contribution in [1.29, 1.82) is 0 Å². The van der Waals surface area contributed by atoms with E-state index in [0.717, 1.165) is 16.6 Å². The van der Waals surface area contributed by atoms with E-state index in [2.05, 4.69) is 0 Å². The second-order valence-corrected chi connectivity index (χ2v) is 8.55. The van der Waals surface area contributed by atoms with Crippen molar-refractivity contribution >= 4 is 38.5 Å². The van der Waals surface area contributed by atoms with Gasteiger partial charge in [0.1, 0.15) is 11.9 Å². The molecule has 0 fully saturated rings. The van der Waals surface area contributed by atoms with Crippen molar-refractivity contribution in [3.63, 3.8) is 0 Å². The number of benzene rings is 2. The minimum atomic E-state index is -4.00. The van der Waals surface area contributed by atoms with Crippen LogP contribution in [0.1, 0.15) is 28.5 Å². The van der Waals surface area contributed by atoms with Crippen LogP contribution >= 0.6 is 0 Å². The highest BCUT2D eigenvalue weighted by atomic mass is 32.2. The number of carbonyl (C=O) groups excluding carboxylic acids is 2. The van der Waals surface area contributed by atoms with Crippen molar-refractivity contribution in [2.75, 3.05) is 17.7 Å². The van der Waals surface area contributed by atoms with Crippen LogP contribution in [-0.4, -0.2) is 44.3 Å². The van der Waals surface area contributed by atoms with Gasteiger partial charge in [-0.3, -0.25) is 13.7 Å². The number of rotatable bonds is 6. The molecule has 0 spiro atoms. The molecule has 7 nitrogen and oxygen atoms in total. The van der Waals surface area contributed by atoms with Gasteiger partial charge in [-0.25, -0.2) is 17.6 Å². The summed E-state index contributed by atoms with van der Waals surface area (Å²) in [4.78, 5) is 25.6. The number of aromatic nitrogens is 1. The zero-order valence-corrected chi connectivity index (χ0v) is 17.5. The minimum absolute atomic E-state index is 0.0836. The van der Waals surface area contributed by atoms with Gasteiger partial charge in [0.2, 0.25) is 10.0 Å². The third-order valence-corrected chi connectivity index (χ3v) is 5.92. The Balaban J connectivity index is 2.19. The Morgan fingerprint density at radius 3 is 2.37 bits per heavy atom. The highest BCUT2D eigenvalue weighted by Crippen LogP contribution is 2.28. The van der Waals surface area contributed by atoms with Crippen LogP contribution in [0.3, 0.4) is 0 Å². The van der Waals surface area contributed by atoms with E-state index in [-0.39, 0.29) is 17.7 Å². The monoisotopic (exact) mass is 432 g/mol. The molecule has 0 bridgehead atoms. The molecule has 158 valence electrons. The molecule has 0 aliphatic heterocycles. The molecule has 3 rings (SSSR count). The van der Waals surface area contributed by atoms with Crippen LogP contribution in [0.2, 0.25) is 0 Å². The zero-order chi connectivity index (χ0) is 22.1. The van der Waals surface area contributed by atoms with Gasteiger partial charge < -0.3 is 4.74 Å². The number of para-hydroxylation sites is 2. The molecule has 9 heteroatoms. The Hall–Kier alpha value is -3.20. The van der Waals surface area contributed by atoms with Crippen molar-refractivity contribution in [2.45, 2.75) is 19.4 Å². The summed E-state index contributed by atoms with van der Waals surface area (Å²) >= 11 is 0. The number of carbonyl (C=O) groups is 2. The molecule has 1 atom stereocenters. The minimum Gasteiger partial charge on any atom is -0.465 e. The second-order valence-electron chi connectivity index (χ2n) is 6.69. The third-order valence-electron chi connectivity index (χ3n) is 4.76. The van der Waals surface area contributed by atoms with Gasteiger partial charge in [-0.1, -0.05) is 37.3 Å². The zero-order valence-electron chi connectivity index (χ0n) is 16.7. The molecule has 0 saturated carbocycles. The Kier molecular flexibility index (Phi) is 5.93. The van der Waals surface area contributed by atoms with Crippen LogP contribution in [0, 0.1) is 5.82 Å². The number of halogens is 1. The van der Waals surface area contributed by atoms with E-state index in [0.29, 0.717) is 10.9 Å². The lowest BCUT2D eigenvalue weighted by Gasteiger charge is -2.30. The van der Waals surface area contributed by atoms with Crippen LogP contribution in [-0.2, 0) is 14.8 Å². The van der Waals surface area contributed by atoms with Crippen LogP contribution in [0.4, 0.5) is 10.1 Å². The van der Waals surface area contributed by atoms with Crippen molar-refractivity contribution in [1.82, 2.24) is 4.57 Å². The van der Waals surface area contributed by atoms with E-state index < -0.39 is 33.8 Å². The van der Waals surface area contributed by atoms with E-state index in [1.807, 2.05) is 0 Å². The number of sulfonamides is 1. The maximum Gasteiger partial charge on any atom is 0.340 e. The van der Waals surface area contributed by atoms with Crippen LogP contribution in [0.25, 0.3) is 10.9 Å². The summed E-state index contributed by atoms with van der Waals surface area (Å²) in [6, 6.07) is 10.8. The Morgan fingerprint density at radius 2 is 1.77 bits per heavy atom. The van der Waals surface area contributed by atoms with Crippen LogP contribution in [0.5, 0.6) is 0 Å². The first kappa shape index (κ1) is 21.5. The molecule has 1 heterocycles. The number of methoxy groups -OCH3 is 1. The van der Waals surface area contributed by atoms with Crippen molar-refractivity contribution in [2.24, 2.45) is 0 Å². The standard InChI is InChI=1S/C21H21FN2O5S/c1-4-17(24(30(3,27)28)19-12-8-6-10-16(19)22)20(25)23-13-15(21(26)29-2)14-9-5-7-11-18(14)23/h5-13,17H,4H2,1-3H3. The molecular weight excluding hydrogens is 411 g/mol. The largest absolute Gasteiger partial charge is 0.465 e. The van der Waals surface area contributed by atoms with Crippen LogP contribution < -0.4 is 4.31 Å². The van der Waals surface area contributed by atoms with Crippen molar-refractivity contribution in [3.05, 3.63) is 66.1 Å². The summed E-state index contributed by atoms with van der Waals surface area (Å²) in [6.45, 7) is 1.63. The van der Waals surface area contributed by atoms with Gasteiger partial charge in [0.25, 0.3) is 5.91 Å². The average Bonchev–Trinajstić information content (AvgIpc) is 3.10. The number of nitrogens with zero attached hydrogens (tertiary/aromatic N) is 2. The first-order valence-corrected chi connectivity index (χ1v) is 11.0. The molecule has 0 aliphatic carbocycles. The smallest absolute Gasteiger partial charge is 0.340 e. The lowest BCUT2D eigenvalue weighted by molar-refractivity contribution is 0.0603. The highest BCUT2D eigenvalue weighted by Gasteiger charge is 2.35. The summed E-state index contributed by atoms with van der Waals surface area (Å²) in [6.07, 6.45) is 2.33. The summed E-state index contributed by atoms with van der Waals surface area (Å²) < 4.78 is 46.4. The first-order chi connectivity index (χ1) is 14.2. The summed E-state index contributed by atoms with van der Waals surface area (Å²) in [7, 11) is -2.77. The predicted octanol–water partition coefficient (Wildman–Crippen LogP) is 3.45. The third kappa shape index (κ3) is 3.80. The quantitative estimate of drug-likeness (QED) is 0.557. The summed E-state index contributed by atoms with van der Waals surface area (Å²) in [5.41, 5.74) is 0.376. The molecule has 1 aromatic heterocycles. The lowest BCUT2D eigenvalue weighted by atomic mass is 10.1. The van der Waals surface area contributed by atoms with Gasteiger partial charge in [-0.2, -0.15) is 0 Å². The van der Waals surface area contributed by atoms with Gasteiger partial charge in [0, 0.05) is 11.6 Å². The summed E-state index contributed by atoms with van der Waals surface area (Å²) in [5.74, 6) is -2.00. The fourth-order valence-corrected chi connectivity index (χ4v) is 4.65. The molecule has 1 unspecified atom stereocenters. The molecule has 0 N–H and O–H groups in total. The van der Waals surface area contributed by atoms with Crippen LogP contribution in [0.15, 0.2) is 54.7 Å². The molecule has 30 heavy (non-hydrogen) atoms. The first-order valence-electron chi connectivity index (χ1n) is 9.17. The number of anilines is 1. The molecule has 0 aliphatic rings. The van der Waals surface area contributed by atoms with Gasteiger partial charge >= 0.3 is 5.97 Å². The second kappa shape index (κ2) is 8.27. The molecule has 3 aromatic rings. The SMILES string of the molecule is CCC(C(=O)n1cc(C(=O)OC)c2ccccc21)N(c1ccccc1F)S(C)(=O)=O. The fourth-order valence-electron chi connectivity index (χ4n) is 3.44. The maximum absolute atomic E-state index is 14.5. The molecular formula is C21H21FN2O5S. The maximum atomic E-state index is 14.5. The van der Waals surface area contributed by atoms with E-state index >= 15 is 0 Å². The highest BCUT2D eigenvalue weighted by molar-refractivity contribution is 7.92. The number of hydrogen-bond acceptors (Lipinski definition) is 5. The number of fused-ring (bicyclic) bond motifs is 1. The molecule has 0 radical (unpaired) electrons. The van der Waals surface area contributed by atoms with Gasteiger partial charge in [0.05, 0.1) is 30.1 Å². The van der Waals surface area contributed by atoms with Gasteiger partial charge in [-0.15, -0.1) is 0 Å². The van der Waals surface area contributed by atoms with Gasteiger partial charge in [-0.05, 0) is 24.6 Å². The van der Waals surface area contributed by atoms with Crippen molar-refractivity contribution < 1.29 is 27.1 Å². The Morgan fingerprint density at radius 1 is 1.13 bits per heavy atom. The average molecular weight is 432 g/mol.